The number of ether oxygens (including phenoxy) is 2. The number of nitrogens with two attached hydrogens (primary N) is 1. The van der Waals surface area contributed by atoms with Gasteiger partial charge in [-0.15, -0.1) is 0 Å². The molecule has 0 bridgehead atoms. The van der Waals surface area contributed by atoms with Gasteiger partial charge in [-0.1, -0.05) is 38.3 Å². The summed E-state index contributed by atoms with van der Waals surface area (Å²) in [6.45, 7) is 3.99. The van der Waals surface area contributed by atoms with Crippen LogP contribution in [0.3, 0.4) is 0 Å². The Balaban J connectivity index is 1.79. The van der Waals surface area contributed by atoms with E-state index in [-0.39, 0.29) is 6.04 Å². The second-order valence-electron chi connectivity index (χ2n) is 8.23. The van der Waals surface area contributed by atoms with E-state index in [9.17, 15) is 9.90 Å². The molecule has 0 spiro atoms. The number of methoxy groups -OCH3 is 1. The molecule has 3 N–H and O–H groups in total. The zero-order valence-electron chi connectivity index (χ0n) is 17.5. The summed E-state index contributed by atoms with van der Waals surface area (Å²) in [6.07, 6.45) is 4.67. The minimum Gasteiger partial charge on any atom is -0.497 e. The third kappa shape index (κ3) is 4.16. The third-order valence-corrected chi connectivity index (χ3v) is 6.55. The van der Waals surface area contributed by atoms with Gasteiger partial charge in [-0.05, 0) is 61.7 Å². The van der Waals surface area contributed by atoms with Crippen molar-refractivity contribution in [3.05, 3.63) is 59.7 Å². The van der Waals surface area contributed by atoms with E-state index in [2.05, 4.69) is 0 Å². The minimum atomic E-state index is -0.833. The second kappa shape index (κ2) is 8.56. The Hall–Kier alpha value is -2.37. The van der Waals surface area contributed by atoms with Crippen LogP contribution in [-0.4, -0.2) is 29.8 Å². The van der Waals surface area contributed by atoms with Crippen molar-refractivity contribution in [1.82, 2.24) is 0 Å². The lowest BCUT2D eigenvalue weighted by atomic mass is 9.60. The van der Waals surface area contributed by atoms with E-state index in [4.69, 9.17) is 15.2 Å². The van der Waals surface area contributed by atoms with Crippen molar-refractivity contribution in [2.45, 2.75) is 63.0 Å². The van der Waals surface area contributed by atoms with Crippen molar-refractivity contribution in [2.24, 2.45) is 5.73 Å². The van der Waals surface area contributed by atoms with Crippen molar-refractivity contribution in [3.63, 3.8) is 0 Å². The summed E-state index contributed by atoms with van der Waals surface area (Å²) in [5.74, 6) is 0.709. The lowest BCUT2D eigenvalue weighted by molar-refractivity contribution is -0.0702. The third-order valence-electron chi connectivity index (χ3n) is 6.55. The number of aliphatic hydroxyl groups is 1. The highest BCUT2D eigenvalue weighted by atomic mass is 16.5. The number of carbonyl (C=O) groups is 1. The first-order chi connectivity index (χ1) is 13.8. The molecule has 5 heteroatoms. The molecule has 1 saturated carbocycles. The number of carbonyl (C=O) groups excluding carboxylic acids is 1. The molecule has 5 nitrogen and oxygen atoms in total. The molecule has 1 aliphatic rings. The smallest absolute Gasteiger partial charge is 0.343 e. The summed E-state index contributed by atoms with van der Waals surface area (Å²) in [6, 6.07) is 13.9. The molecule has 0 aliphatic heterocycles. The van der Waals surface area contributed by atoms with Crippen molar-refractivity contribution in [2.75, 3.05) is 7.11 Å². The van der Waals surface area contributed by atoms with Crippen LogP contribution in [0.1, 0.15) is 61.9 Å². The Morgan fingerprint density at radius 1 is 1.03 bits per heavy atom. The van der Waals surface area contributed by atoms with Gasteiger partial charge in [0.2, 0.25) is 0 Å². The van der Waals surface area contributed by atoms with Crippen LogP contribution in [-0.2, 0) is 5.41 Å². The van der Waals surface area contributed by atoms with Crippen LogP contribution in [0.4, 0.5) is 0 Å². The SMILES string of the molecule is COc1ccc(C(=O)Oc2ccc(C(C)(C(C)N)C3(O)CCCCC3)cc2)cc1. The Kier molecular flexibility index (Phi) is 6.30. The standard InChI is InChI=1S/C24H31NO4/c1-17(25)23(2,24(27)15-5-4-6-16-24)19-9-13-21(14-10-19)29-22(26)18-7-11-20(28-3)12-8-18/h7-14,17,27H,4-6,15-16,25H2,1-3H3. The monoisotopic (exact) mass is 397 g/mol. The Morgan fingerprint density at radius 2 is 1.59 bits per heavy atom. The van der Waals surface area contributed by atoms with Crippen LogP contribution in [0, 0.1) is 0 Å². The van der Waals surface area contributed by atoms with Crippen molar-refractivity contribution >= 4 is 5.97 Å². The van der Waals surface area contributed by atoms with Gasteiger partial charge in [0.25, 0.3) is 0 Å². The summed E-state index contributed by atoms with van der Waals surface area (Å²) in [5, 5.41) is 11.4. The van der Waals surface area contributed by atoms with Gasteiger partial charge in [0.05, 0.1) is 18.3 Å². The molecule has 3 rings (SSSR count). The molecular weight excluding hydrogens is 366 g/mol. The van der Waals surface area contributed by atoms with E-state index in [1.54, 1.807) is 43.5 Å². The minimum absolute atomic E-state index is 0.224. The second-order valence-corrected chi connectivity index (χ2v) is 8.23. The van der Waals surface area contributed by atoms with Crippen LogP contribution in [0.15, 0.2) is 48.5 Å². The zero-order chi connectivity index (χ0) is 21.1. The topological polar surface area (TPSA) is 81.8 Å². The molecule has 29 heavy (non-hydrogen) atoms. The number of esters is 1. The number of hydrogen-bond donors (Lipinski definition) is 2. The number of hydrogen-bond acceptors (Lipinski definition) is 5. The quantitative estimate of drug-likeness (QED) is 0.563. The Labute approximate surface area is 172 Å². The van der Waals surface area contributed by atoms with Crippen LogP contribution < -0.4 is 15.2 Å². The van der Waals surface area contributed by atoms with Gasteiger partial charge in [0.1, 0.15) is 11.5 Å². The normalized spacial score (nSPS) is 19.1. The van der Waals surface area contributed by atoms with Gasteiger partial charge in [0.15, 0.2) is 0 Å². The highest BCUT2D eigenvalue weighted by Gasteiger charge is 2.50. The molecule has 2 aromatic carbocycles. The van der Waals surface area contributed by atoms with Gasteiger partial charge < -0.3 is 20.3 Å². The molecule has 0 amide bonds. The maximum atomic E-state index is 12.4. The highest BCUT2D eigenvalue weighted by Crippen LogP contribution is 2.46. The first-order valence-corrected chi connectivity index (χ1v) is 10.2. The zero-order valence-corrected chi connectivity index (χ0v) is 17.5. The van der Waals surface area contributed by atoms with E-state index >= 15 is 0 Å². The van der Waals surface area contributed by atoms with E-state index in [1.807, 2.05) is 26.0 Å². The molecule has 0 saturated heterocycles. The van der Waals surface area contributed by atoms with E-state index in [0.717, 1.165) is 37.7 Å². The summed E-state index contributed by atoms with van der Waals surface area (Å²) in [5.41, 5.74) is 6.38. The van der Waals surface area contributed by atoms with Gasteiger partial charge >= 0.3 is 5.97 Å². The molecule has 156 valence electrons. The van der Waals surface area contributed by atoms with Crippen LogP contribution in [0.5, 0.6) is 11.5 Å². The summed E-state index contributed by atoms with van der Waals surface area (Å²) < 4.78 is 10.6. The van der Waals surface area contributed by atoms with E-state index in [0.29, 0.717) is 17.1 Å². The van der Waals surface area contributed by atoms with Gasteiger partial charge in [-0.25, -0.2) is 4.79 Å². The summed E-state index contributed by atoms with van der Waals surface area (Å²) in [7, 11) is 1.58. The molecule has 1 fully saturated rings. The van der Waals surface area contributed by atoms with Crippen molar-refractivity contribution in [1.29, 1.82) is 0 Å². The maximum Gasteiger partial charge on any atom is 0.343 e. The largest absolute Gasteiger partial charge is 0.497 e. The lowest BCUT2D eigenvalue weighted by Gasteiger charge is -2.50. The maximum absolute atomic E-state index is 12.4. The Morgan fingerprint density at radius 3 is 2.10 bits per heavy atom. The number of rotatable bonds is 6. The predicted octanol–water partition coefficient (Wildman–Crippen LogP) is 4.21. The van der Waals surface area contributed by atoms with Gasteiger partial charge in [-0.3, -0.25) is 0 Å². The fraction of sp³-hybridized carbons (Fsp3) is 0.458. The van der Waals surface area contributed by atoms with Crippen LogP contribution >= 0.6 is 0 Å². The lowest BCUT2D eigenvalue weighted by Crippen LogP contribution is -2.59. The Bertz CT molecular complexity index is 823. The van der Waals surface area contributed by atoms with Crippen molar-refractivity contribution in [3.8, 4) is 11.5 Å². The van der Waals surface area contributed by atoms with E-state index in [1.165, 1.54) is 0 Å². The van der Waals surface area contributed by atoms with Gasteiger partial charge in [0, 0.05) is 11.5 Å². The fourth-order valence-corrected chi connectivity index (χ4v) is 4.37. The highest BCUT2D eigenvalue weighted by molar-refractivity contribution is 5.91. The van der Waals surface area contributed by atoms with E-state index < -0.39 is 17.0 Å². The average Bonchev–Trinajstić information content (AvgIpc) is 2.74. The fourth-order valence-electron chi connectivity index (χ4n) is 4.37. The molecule has 2 atom stereocenters. The van der Waals surface area contributed by atoms with Crippen LogP contribution in [0.2, 0.25) is 0 Å². The van der Waals surface area contributed by atoms with Gasteiger partial charge in [-0.2, -0.15) is 0 Å². The van der Waals surface area contributed by atoms with Crippen LogP contribution in [0.25, 0.3) is 0 Å². The molecule has 0 heterocycles. The summed E-state index contributed by atoms with van der Waals surface area (Å²) >= 11 is 0. The molecule has 0 radical (unpaired) electrons. The number of benzene rings is 2. The van der Waals surface area contributed by atoms with Crippen molar-refractivity contribution < 1.29 is 19.4 Å². The molecule has 1 aliphatic carbocycles. The first-order valence-electron chi connectivity index (χ1n) is 10.2. The first kappa shape index (κ1) is 21.3. The molecular formula is C24H31NO4. The molecule has 0 aromatic heterocycles. The summed E-state index contributed by atoms with van der Waals surface area (Å²) in [4.78, 5) is 12.4. The predicted molar refractivity (Wildman–Crippen MR) is 113 cm³/mol. The molecule has 2 aromatic rings. The molecule has 2 unspecified atom stereocenters. The average molecular weight is 398 g/mol.